The number of nitrogens with one attached hydrogen (secondary N) is 1. The Bertz CT molecular complexity index is 666. The number of aryl methyl sites for hydroxylation is 2. The van der Waals surface area contributed by atoms with Crippen LogP contribution >= 0.6 is 0 Å². The van der Waals surface area contributed by atoms with Crippen molar-refractivity contribution in [2.75, 3.05) is 5.32 Å². The predicted octanol–water partition coefficient (Wildman–Crippen LogP) is 3.22. The van der Waals surface area contributed by atoms with Crippen LogP contribution in [0, 0.1) is 25.5 Å². The third-order valence-corrected chi connectivity index (χ3v) is 3.15. The van der Waals surface area contributed by atoms with Crippen molar-refractivity contribution in [3.8, 4) is 0 Å². The summed E-state index contributed by atoms with van der Waals surface area (Å²) in [6, 6.07) is 7.81. The quantitative estimate of drug-likeness (QED) is 0.908. The average molecular weight is 290 g/mol. The lowest BCUT2D eigenvalue weighted by Gasteiger charge is -2.18. The Morgan fingerprint density at radius 2 is 1.86 bits per heavy atom. The molecule has 3 N–H and O–H groups in total. The molecule has 5 heteroatoms. The Labute approximate surface area is 121 Å². The number of halogens is 2. The van der Waals surface area contributed by atoms with Gasteiger partial charge in [0.15, 0.2) is 0 Å². The van der Waals surface area contributed by atoms with Crippen LogP contribution in [0.3, 0.4) is 0 Å². The number of hydrogen-bond acceptors (Lipinski definition) is 2. The Balaban J connectivity index is 2.35. The molecule has 0 saturated heterocycles. The maximum Gasteiger partial charge on any atom is 0.244 e. The van der Waals surface area contributed by atoms with Crippen molar-refractivity contribution in [2.24, 2.45) is 5.73 Å². The molecular weight excluding hydrogens is 274 g/mol. The minimum absolute atomic E-state index is 0.358. The molecule has 0 saturated carbocycles. The first-order valence-corrected chi connectivity index (χ1v) is 6.46. The molecule has 110 valence electrons. The molecule has 1 unspecified atom stereocenters. The van der Waals surface area contributed by atoms with E-state index in [9.17, 15) is 13.6 Å². The highest BCUT2D eigenvalue weighted by Crippen LogP contribution is 2.23. The molecule has 3 nitrogen and oxygen atoms in total. The predicted molar refractivity (Wildman–Crippen MR) is 77.8 cm³/mol. The number of nitrogens with two attached hydrogens (primary N) is 1. The van der Waals surface area contributed by atoms with Gasteiger partial charge >= 0.3 is 0 Å². The Morgan fingerprint density at radius 3 is 2.43 bits per heavy atom. The normalized spacial score (nSPS) is 12.0. The molecule has 0 radical (unpaired) electrons. The Morgan fingerprint density at radius 1 is 1.14 bits per heavy atom. The zero-order chi connectivity index (χ0) is 15.6. The molecule has 0 fully saturated rings. The zero-order valence-corrected chi connectivity index (χ0v) is 11.8. The minimum atomic E-state index is -0.856. The lowest BCUT2D eigenvalue weighted by Crippen LogP contribution is -2.27. The van der Waals surface area contributed by atoms with Gasteiger partial charge in [-0.15, -0.1) is 0 Å². The number of amides is 1. The summed E-state index contributed by atoms with van der Waals surface area (Å²) in [6.45, 7) is 3.35. The van der Waals surface area contributed by atoms with Crippen LogP contribution in [0.1, 0.15) is 22.7 Å². The fourth-order valence-electron chi connectivity index (χ4n) is 2.15. The van der Waals surface area contributed by atoms with Gasteiger partial charge in [-0.05, 0) is 54.8 Å². The van der Waals surface area contributed by atoms with Crippen LogP contribution < -0.4 is 11.1 Å². The van der Waals surface area contributed by atoms with Crippen molar-refractivity contribution in [3.63, 3.8) is 0 Å². The van der Waals surface area contributed by atoms with E-state index in [0.29, 0.717) is 16.8 Å². The van der Waals surface area contributed by atoms with Gasteiger partial charge in [0.1, 0.15) is 17.7 Å². The van der Waals surface area contributed by atoms with E-state index in [0.717, 1.165) is 5.56 Å². The number of carbonyl (C=O) groups is 1. The largest absolute Gasteiger partial charge is 0.370 e. The van der Waals surface area contributed by atoms with Gasteiger partial charge in [0.2, 0.25) is 5.91 Å². The van der Waals surface area contributed by atoms with E-state index in [2.05, 4.69) is 5.32 Å². The first kappa shape index (κ1) is 15.0. The molecule has 21 heavy (non-hydrogen) atoms. The summed E-state index contributed by atoms with van der Waals surface area (Å²) in [6.07, 6.45) is 0. The van der Waals surface area contributed by atoms with E-state index in [1.165, 1.54) is 24.3 Å². The summed E-state index contributed by atoms with van der Waals surface area (Å²) >= 11 is 0. The van der Waals surface area contributed by atoms with Gasteiger partial charge in [-0.1, -0.05) is 12.1 Å². The summed E-state index contributed by atoms with van der Waals surface area (Å²) in [5, 5.41) is 2.89. The second-order valence-electron chi connectivity index (χ2n) is 5.01. The second kappa shape index (κ2) is 5.91. The monoisotopic (exact) mass is 290 g/mol. The van der Waals surface area contributed by atoms with Crippen LogP contribution in [0.4, 0.5) is 14.5 Å². The first-order valence-electron chi connectivity index (χ1n) is 6.46. The molecule has 2 rings (SSSR count). The highest BCUT2D eigenvalue weighted by atomic mass is 19.1. The maximum atomic E-state index is 13.4. The van der Waals surface area contributed by atoms with Crippen molar-refractivity contribution >= 4 is 11.6 Å². The summed E-state index contributed by atoms with van der Waals surface area (Å²) in [5.41, 5.74) is 7.50. The van der Waals surface area contributed by atoms with E-state index >= 15 is 0 Å². The number of primary amides is 1. The summed E-state index contributed by atoms with van der Waals surface area (Å²) in [5.74, 6) is -1.39. The Hall–Kier alpha value is -2.43. The van der Waals surface area contributed by atoms with Crippen molar-refractivity contribution in [1.29, 1.82) is 0 Å². The molecule has 0 aromatic heterocycles. The SMILES string of the molecule is Cc1cc(F)cc(NC(C(N)=O)c2ccc(F)c(C)c2)c1. The molecule has 0 heterocycles. The number of anilines is 1. The maximum absolute atomic E-state index is 13.4. The zero-order valence-electron chi connectivity index (χ0n) is 11.8. The van der Waals surface area contributed by atoms with Gasteiger partial charge in [-0.3, -0.25) is 4.79 Å². The first-order chi connectivity index (χ1) is 9.86. The molecule has 1 atom stereocenters. The number of benzene rings is 2. The van der Waals surface area contributed by atoms with Crippen LogP contribution in [0.25, 0.3) is 0 Å². The standard InChI is InChI=1S/C16H16F2N2O/c1-9-5-12(17)8-13(6-9)20-15(16(19)21)11-3-4-14(18)10(2)7-11/h3-8,15,20H,1-2H3,(H2,19,21). The second-order valence-corrected chi connectivity index (χ2v) is 5.01. The lowest BCUT2D eigenvalue weighted by atomic mass is 10.0. The number of rotatable bonds is 4. The lowest BCUT2D eigenvalue weighted by molar-refractivity contribution is -0.118. The number of carbonyl (C=O) groups excluding carboxylic acids is 1. The molecule has 0 aliphatic heterocycles. The van der Waals surface area contributed by atoms with Crippen LogP contribution in [0.5, 0.6) is 0 Å². The average Bonchev–Trinajstić information content (AvgIpc) is 2.38. The van der Waals surface area contributed by atoms with Crippen molar-refractivity contribution in [2.45, 2.75) is 19.9 Å². The van der Waals surface area contributed by atoms with E-state index < -0.39 is 17.8 Å². The van der Waals surface area contributed by atoms with Crippen LogP contribution in [-0.4, -0.2) is 5.91 Å². The molecule has 0 aliphatic carbocycles. The topological polar surface area (TPSA) is 55.1 Å². The van der Waals surface area contributed by atoms with Crippen LogP contribution in [0.15, 0.2) is 36.4 Å². The molecular formula is C16H16F2N2O. The summed E-state index contributed by atoms with van der Waals surface area (Å²) in [4.78, 5) is 11.6. The summed E-state index contributed by atoms with van der Waals surface area (Å²) in [7, 11) is 0. The molecule has 0 aliphatic rings. The third-order valence-electron chi connectivity index (χ3n) is 3.15. The third kappa shape index (κ3) is 3.56. The molecule has 0 bridgehead atoms. The van der Waals surface area contributed by atoms with E-state index in [1.807, 2.05) is 0 Å². The van der Waals surface area contributed by atoms with Gasteiger partial charge < -0.3 is 11.1 Å². The van der Waals surface area contributed by atoms with Gasteiger partial charge in [-0.25, -0.2) is 8.78 Å². The fourth-order valence-corrected chi connectivity index (χ4v) is 2.15. The van der Waals surface area contributed by atoms with E-state index in [1.54, 1.807) is 26.0 Å². The fraction of sp³-hybridized carbons (Fsp3) is 0.188. The number of hydrogen-bond donors (Lipinski definition) is 2. The van der Waals surface area contributed by atoms with Crippen LogP contribution in [-0.2, 0) is 4.79 Å². The van der Waals surface area contributed by atoms with Crippen molar-refractivity contribution < 1.29 is 13.6 Å². The van der Waals surface area contributed by atoms with Crippen molar-refractivity contribution in [1.82, 2.24) is 0 Å². The molecule has 2 aromatic rings. The van der Waals surface area contributed by atoms with Gasteiger partial charge in [-0.2, -0.15) is 0 Å². The Kier molecular flexibility index (Phi) is 4.21. The highest BCUT2D eigenvalue weighted by Gasteiger charge is 2.18. The van der Waals surface area contributed by atoms with Crippen molar-refractivity contribution in [3.05, 3.63) is 64.7 Å². The molecule has 0 spiro atoms. The molecule has 1 amide bonds. The van der Waals surface area contributed by atoms with Gasteiger partial charge in [0.05, 0.1) is 0 Å². The van der Waals surface area contributed by atoms with E-state index in [-0.39, 0.29) is 5.82 Å². The highest BCUT2D eigenvalue weighted by molar-refractivity contribution is 5.84. The van der Waals surface area contributed by atoms with Crippen LogP contribution in [0.2, 0.25) is 0 Å². The van der Waals surface area contributed by atoms with Gasteiger partial charge in [0, 0.05) is 5.69 Å². The minimum Gasteiger partial charge on any atom is -0.370 e. The smallest absolute Gasteiger partial charge is 0.244 e. The summed E-state index contributed by atoms with van der Waals surface area (Å²) < 4.78 is 26.7. The molecule has 2 aromatic carbocycles. The van der Waals surface area contributed by atoms with Gasteiger partial charge in [0.25, 0.3) is 0 Å². The van der Waals surface area contributed by atoms with E-state index in [4.69, 9.17) is 5.73 Å².